The summed E-state index contributed by atoms with van der Waals surface area (Å²) in [6.45, 7) is 4.18. The normalized spacial score (nSPS) is 11.5. The minimum absolute atomic E-state index is 0.153. The van der Waals surface area contributed by atoms with Crippen LogP contribution in [0.1, 0.15) is 12.6 Å². The summed E-state index contributed by atoms with van der Waals surface area (Å²) in [6.07, 6.45) is 0. The monoisotopic (exact) mass is 312 g/mol. The van der Waals surface area contributed by atoms with Crippen molar-refractivity contribution in [3.63, 3.8) is 0 Å². The predicted octanol–water partition coefficient (Wildman–Crippen LogP) is 3.63. The Labute approximate surface area is 122 Å². The van der Waals surface area contributed by atoms with E-state index < -0.39 is 17.5 Å². The number of rotatable bonds is 2. The second kappa shape index (κ2) is 4.73. The Morgan fingerprint density at radius 2 is 1.95 bits per heavy atom. The van der Waals surface area contributed by atoms with Gasteiger partial charge in [-0.1, -0.05) is 0 Å². The molecule has 110 valence electrons. The van der Waals surface area contributed by atoms with Crippen molar-refractivity contribution in [3.8, 4) is 5.69 Å². The lowest BCUT2D eigenvalue weighted by atomic mass is 10.2. The molecule has 0 saturated heterocycles. The molecule has 0 radical (unpaired) electrons. The van der Waals surface area contributed by atoms with Gasteiger partial charge in [0.2, 0.25) is 0 Å². The Hall–Kier alpha value is -2.09. The van der Waals surface area contributed by atoms with Gasteiger partial charge in [-0.25, -0.2) is 17.9 Å². The fourth-order valence-corrected chi connectivity index (χ4v) is 2.62. The number of nitrogens with zero attached hydrogens (tertiary/aromatic N) is 3. The Balaban J connectivity index is 2.43. The van der Waals surface area contributed by atoms with Crippen LogP contribution in [-0.2, 0) is 6.54 Å². The van der Waals surface area contributed by atoms with Crippen LogP contribution >= 0.6 is 12.2 Å². The molecule has 4 nitrogen and oxygen atoms in total. The molecule has 3 rings (SSSR count). The quantitative estimate of drug-likeness (QED) is 0.580. The van der Waals surface area contributed by atoms with Gasteiger partial charge in [-0.2, -0.15) is 5.10 Å². The van der Waals surface area contributed by atoms with E-state index in [1.807, 2.05) is 6.92 Å². The zero-order chi connectivity index (χ0) is 15.3. The smallest absolute Gasteiger partial charge is 0.196 e. The summed E-state index contributed by atoms with van der Waals surface area (Å²) in [5.41, 5.74) is 1.70. The van der Waals surface area contributed by atoms with Crippen LogP contribution < -0.4 is 0 Å². The van der Waals surface area contributed by atoms with E-state index in [-0.39, 0.29) is 10.5 Å². The van der Waals surface area contributed by atoms with E-state index in [2.05, 4.69) is 10.1 Å². The van der Waals surface area contributed by atoms with Crippen LogP contribution in [0.2, 0.25) is 0 Å². The number of benzene rings is 1. The van der Waals surface area contributed by atoms with Crippen LogP contribution in [0.4, 0.5) is 13.2 Å². The molecule has 2 aromatic heterocycles. The maximum Gasteiger partial charge on any atom is 0.196 e. The zero-order valence-electron chi connectivity index (χ0n) is 11.2. The van der Waals surface area contributed by atoms with Gasteiger partial charge in [0, 0.05) is 6.54 Å². The number of halogens is 3. The summed E-state index contributed by atoms with van der Waals surface area (Å²) in [4.78, 5) is 2.92. The molecule has 3 aromatic rings. The highest BCUT2D eigenvalue weighted by Gasteiger charge is 2.20. The lowest BCUT2D eigenvalue weighted by molar-refractivity contribution is 0.444. The van der Waals surface area contributed by atoms with E-state index in [0.717, 1.165) is 12.1 Å². The fraction of sp³-hybridized carbons (Fsp3) is 0.231. The molecule has 0 spiro atoms. The zero-order valence-corrected chi connectivity index (χ0v) is 12.1. The summed E-state index contributed by atoms with van der Waals surface area (Å²) in [5.74, 6) is -4.05. The van der Waals surface area contributed by atoms with Crippen LogP contribution in [0.15, 0.2) is 12.1 Å². The van der Waals surface area contributed by atoms with E-state index >= 15 is 0 Å². The topological polar surface area (TPSA) is 38.5 Å². The molecular weight excluding hydrogens is 301 g/mol. The summed E-state index contributed by atoms with van der Waals surface area (Å²) < 4.78 is 43.8. The van der Waals surface area contributed by atoms with Crippen molar-refractivity contribution in [3.05, 3.63) is 40.0 Å². The van der Waals surface area contributed by atoms with Gasteiger partial charge in [-0.05, 0) is 38.2 Å². The summed E-state index contributed by atoms with van der Waals surface area (Å²) >= 11 is 5.17. The first kappa shape index (κ1) is 13.9. The summed E-state index contributed by atoms with van der Waals surface area (Å²) in [5, 5.41) is 4.29. The first-order valence-electron chi connectivity index (χ1n) is 6.27. The molecule has 2 heterocycles. The Bertz CT molecular complexity index is 906. The predicted molar refractivity (Wildman–Crippen MR) is 74.5 cm³/mol. The van der Waals surface area contributed by atoms with Gasteiger partial charge in [-0.3, -0.25) is 4.57 Å². The van der Waals surface area contributed by atoms with E-state index in [9.17, 15) is 13.2 Å². The molecular formula is C13H11F3N4S. The van der Waals surface area contributed by atoms with Gasteiger partial charge in [0.1, 0.15) is 5.52 Å². The highest BCUT2D eigenvalue weighted by atomic mass is 32.1. The maximum absolute atomic E-state index is 14.1. The van der Waals surface area contributed by atoms with Crippen LogP contribution in [0, 0.1) is 29.1 Å². The first-order valence-corrected chi connectivity index (χ1v) is 6.68. The standard InChI is InChI=1S/C13H11F3N4S/c1-3-19-12-11(6(2)18-19)17-13(21)20(12)8-5-4-7(14)9(15)10(8)16/h4-5H,3H2,1-2H3,(H,17,21). The average molecular weight is 312 g/mol. The molecule has 0 aliphatic heterocycles. The number of imidazole rings is 1. The van der Waals surface area contributed by atoms with Crippen molar-refractivity contribution < 1.29 is 13.2 Å². The van der Waals surface area contributed by atoms with Crippen molar-refractivity contribution in [1.82, 2.24) is 19.3 Å². The third kappa shape index (κ3) is 1.90. The molecule has 0 aliphatic rings. The van der Waals surface area contributed by atoms with Gasteiger partial charge in [0.05, 0.1) is 11.4 Å². The molecule has 21 heavy (non-hydrogen) atoms. The Morgan fingerprint density at radius 3 is 2.62 bits per heavy atom. The van der Waals surface area contributed by atoms with Gasteiger partial charge in [0.15, 0.2) is 27.9 Å². The first-order chi connectivity index (χ1) is 9.95. The maximum atomic E-state index is 14.1. The molecule has 0 saturated carbocycles. The van der Waals surface area contributed by atoms with E-state index in [0.29, 0.717) is 23.4 Å². The summed E-state index contributed by atoms with van der Waals surface area (Å²) in [7, 11) is 0. The SMILES string of the molecule is CCn1nc(C)c2[nH]c(=S)n(-c3ccc(F)c(F)c3F)c21. The van der Waals surface area contributed by atoms with E-state index in [1.165, 1.54) is 4.57 Å². The fourth-order valence-electron chi connectivity index (χ4n) is 2.33. The van der Waals surface area contributed by atoms with Crippen molar-refractivity contribution in [2.24, 2.45) is 0 Å². The highest BCUT2D eigenvalue weighted by Crippen LogP contribution is 2.25. The van der Waals surface area contributed by atoms with Crippen molar-refractivity contribution in [2.75, 3.05) is 0 Å². The number of aryl methyl sites for hydroxylation is 2. The van der Waals surface area contributed by atoms with Crippen molar-refractivity contribution >= 4 is 23.4 Å². The molecule has 0 aliphatic carbocycles. The number of aromatic amines is 1. The minimum atomic E-state index is -1.52. The van der Waals surface area contributed by atoms with Crippen LogP contribution in [0.3, 0.4) is 0 Å². The molecule has 0 fully saturated rings. The third-order valence-electron chi connectivity index (χ3n) is 3.30. The van der Waals surface area contributed by atoms with Crippen molar-refractivity contribution in [1.29, 1.82) is 0 Å². The largest absolute Gasteiger partial charge is 0.327 e. The lowest BCUT2D eigenvalue weighted by Gasteiger charge is -2.08. The molecule has 1 N–H and O–H groups in total. The van der Waals surface area contributed by atoms with Gasteiger partial charge in [0.25, 0.3) is 0 Å². The molecule has 8 heteroatoms. The van der Waals surface area contributed by atoms with E-state index in [4.69, 9.17) is 12.2 Å². The van der Waals surface area contributed by atoms with Crippen LogP contribution in [0.25, 0.3) is 16.9 Å². The number of hydrogen-bond acceptors (Lipinski definition) is 2. The molecule has 0 amide bonds. The van der Waals surface area contributed by atoms with Crippen LogP contribution in [0.5, 0.6) is 0 Å². The molecule has 0 atom stereocenters. The van der Waals surface area contributed by atoms with Gasteiger partial charge < -0.3 is 4.98 Å². The number of fused-ring (bicyclic) bond motifs is 1. The summed E-state index contributed by atoms with van der Waals surface area (Å²) in [6, 6.07) is 2.02. The second-order valence-electron chi connectivity index (χ2n) is 4.56. The van der Waals surface area contributed by atoms with Crippen LogP contribution in [-0.4, -0.2) is 19.3 Å². The Morgan fingerprint density at radius 1 is 1.24 bits per heavy atom. The number of aromatic nitrogens is 4. The van der Waals surface area contributed by atoms with Gasteiger partial charge in [-0.15, -0.1) is 0 Å². The minimum Gasteiger partial charge on any atom is -0.327 e. The molecule has 0 unspecified atom stereocenters. The van der Waals surface area contributed by atoms with Crippen molar-refractivity contribution in [2.45, 2.75) is 20.4 Å². The third-order valence-corrected chi connectivity index (χ3v) is 3.59. The number of hydrogen-bond donors (Lipinski definition) is 1. The number of H-pyrrole nitrogens is 1. The van der Waals surface area contributed by atoms with Gasteiger partial charge >= 0.3 is 0 Å². The second-order valence-corrected chi connectivity index (χ2v) is 4.95. The number of nitrogens with one attached hydrogen (secondary N) is 1. The average Bonchev–Trinajstić information content (AvgIpc) is 2.94. The Kier molecular flexibility index (Phi) is 3.12. The molecule has 1 aromatic carbocycles. The van der Waals surface area contributed by atoms with E-state index in [1.54, 1.807) is 11.6 Å². The molecule has 0 bridgehead atoms. The lowest BCUT2D eigenvalue weighted by Crippen LogP contribution is -2.07. The highest BCUT2D eigenvalue weighted by molar-refractivity contribution is 7.71.